The van der Waals surface area contributed by atoms with E-state index in [0.29, 0.717) is 0 Å². The van der Waals surface area contributed by atoms with Crippen LogP contribution in [0.2, 0.25) is 0 Å². The standard InChI is InChI=1S/C20H18N2O2/c1-21-17-10-7-15(8-11-17)6-9-16-12-13-22(14-20(23)24)19-5-3-2-4-18(16)19/h2-13H,14H2,1H3,(H,23,24)/p+1. The van der Waals surface area contributed by atoms with Gasteiger partial charge in [-0.05, 0) is 29.3 Å². The third kappa shape index (κ3) is 3.43. The quantitative estimate of drug-likeness (QED) is 0.709. The molecule has 1 heterocycles. The highest BCUT2D eigenvalue weighted by Gasteiger charge is 2.13. The second-order valence-electron chi connectivity index (χ2n) is 5.52. The van der Waals surface area contributed by atoms with Crippen LogP contribution in [0.15, 0.2) is 60.8 Å². The summed E-state index contributed by atoms with van der Waals surface area (Å²) in [4.78, 5) is 11.0. The lowest BCUT2D eigenvalue weighted by Gasteiger charge is -2.03. The van der Waals surface area contributed by atoms with E-state index in [0.717, 1.165) is 27.7 Å². The molecule has 2 N–H and O–H groups in total. The highest BCUT2D eigenvalue weighted by Crippen LogP contribution is 2.18. The molecule has 0 bridgehead atoms. The smallest absolute Gasteiger partial charge is 0.370 e. The molecule has 4 heteroatoms. The summed E-state index contributed by atoms with van der Waals surface area (Å²) in [7, 11) is 1.90. The van der Waals surface area contributed by atoms with Gasteiger partial charge >= 0.3 is 5.97 Å². The molecule has 0 saturated carbocycles. The molecule has 0 aliphatic heterocycles. The number of hydrogen-bond donors (Lipinski definition) is 2. The lowest BCUT2D eigenvalue weighted by atomic mass is 10.1. The first-order valence-electron chi connectivity index (χ1n) is 7.76. The summed E-state index contributed by atoms with van der Waals surface area (Å²) in [6.45, 7) is -0.0456. The molecule has 4 nitrogen and oxygen atoms in total. The van der Waals surface area contributed by atoms with Crippen LogP contribution in [0.3, 0.4) is 0 Å². The number of para-hydroxylation sites is 1. The minimum atomic E-state index is -0.849. The van der Waals surface area contributed by atoms with Gasteiger partial charge in [0, 0.05) is 24.9 Å². The molecule has 0 fully saturated rings. The van der Waals surface area contributed by atoms with E-state index in [1.54, 1.807) is 4.57 Å². The molecule has 0 saturated heterocycles. The van der Waals surface area contributed by atoms with Crippen molar-refractivity contribution >= 4 is 34.7 Å². The third-order valence-electron chi connectivity index (χ3n) is 3.92. The molecule has 2 aromatic carbocycles. The molecule has 3 rings (SSSR count). The molecule has 0 radical (unpaired) electrons. The zero-order chi connectivity index (χ0) is 16.9. The maximum Gasteiger partial charge on any atom is 0.370 e. The van der Waals surface area contributed by atoms with Crippen molar-refractivity contribution in [3.05, 3.63) is 71.9 Å². The van der Waals surface area contributed by atoms with Crippen LogP contribution in [-0.4, -0.2) is 18.1 Å². The lowest BCUT2D eigenvalue weighted by Crippen LogP contribution is -2.38. The van der Waals surface area contributed by atoms with Gasteiger partial charge in [0.15, 0.2) is 6.20 Å². The normalized spacial score (nSPS) is 11.0. The van der Waals surface area contributed by atoms with Crippen LogP contribution in [0.1, 0.15) is 11.1 Å². The van der Waals surface area contributed by atoms with Gasteiger partial charge in [-0.2, -0.15) is 4.57 Å². The predicted molar refractivity (Wildman–Crippen MR) is 96.7 cm³/mol. The molecule has 0 aliphatic rings. The van der Waals surface area contributed by atoms with Crippen LogP contribution < -0.4 is 9.88 Å². The molecule has 0 spiro atoms. The number of carbonyl (C=O) groups is 1. The maximum absolute atomic E-state index is 11.0. The molecule has 0 unspecified atom stereocenters. The largest absolute Gasteiger partial charge is 0.477 e. The van der Waals surface area contributed by atoms with Gasteiger partial charge in [0.1, 0.15) is 0 Å². The van der Waals surface area contributed by atoms with E-state index >= 15 is 0 Å². The van der Waals surface area contributed by atoms with Crippen LogP contribution in [0.4, 0.5) is 5.69 Å². The van der Waals surface area contributed by atoms with Crippen molar-refractivity contribution in [2.24, 2.45) is 0 Å². The zero-order valence-corrected chi connectivity index (χ0v) is 13.4. The fourth-order valence-corrected chi connectivity index (χ4v) is 2.68. The van der Waals surface area contributed by atoms with Gasteiger partial charge in [0.05, 0.1) is 5.39 Å². The van der Waals surface area contributed by atoms with Crippen molar-refractivity contribution in [1.82, 2.24) is 0 Å². The van der Waals surface area contributed by atoms with E-state index in [9.17, 15) is 4.79 Å². The first-order chi connectivity index (χ1) is 11.7. The van der Waals surface area contributed by atoms with E-state index in [4.69, 9.17) is 5.11 Å². The Morgan fingerprint density at radius 3 is 2.54 bits per heavy atom. The second-order valence-corrected chi connectivity index (χ2v) is 5.52. The Bertz CT molecular complexity index is 899. The summed E-state index contributed by atoms with van der Waals surface area (Å²) < 4.78 is 1.75. The summed E-state index contributed by atoms with van der Waals surface area (Å²) in [5.41, 5.74) is 4.16. The van der Waals surface area contributed by atoms with Crippen molar-refractivity contribution in [3.63, 3.8) is 0 Å². The number of aromatic nitrogens is 1. The van der Waals surface area contributed by atoms with E-state index in [-0.39, 0.29) is 6.54 Å². The number of aliphatic carboxylic acids is 1. The maximum atomic E-state index is 11.0. The summed E-state index contributed by atoms with van der Waals surface area (Å²) in [5, 5.41) is 13.2. The van der Waals surface area contributed by atoms with Crippen molar-refractivity contribution in [1.29, 1.82) is 0 Å². The summed E-state index contributed by atoms with van der Waals surface area (Å²) >= 11 is 0. The number of pyridine rings is 1. The van der Waals surface area contributed by atoms with Gasteiger partial charge in [-0.1, -0.05) is 36.4 Å². The molecule has 0 aliphatic carbocycles. The van der Waals surface area contributed by atoms with Gasteiger partial charge < -0.3 is 10.4 Å². The van der Waals surface area contributed by atoms with E-state index in [1.807, 2.05) is 55.7 Å². The number of benzene rings is 2. The van der Waals surface area contributed by atoms with Gasteiger partial charge in [-0.3, -0.25) is 0 Å². The molecule has 1 aromatic heterocycles. The summed E-state index contributed by atoms with van der Waals surface area (Å²) in [6.07, 6.45) is 5.94. The molecule has 0 amide bonds. The van der Waals surface area contributed by atoms with Crippen molar-refractivity contribution < 1.29 is 14.5 Å². The topological polar surface area (TPSA) is 53.2 Å². The second kappa shape index (κ2) is 6.96. The molecule has 0 atom stereocenters. The van der Waals surface area contributed by atoms with Crippen molar-refractivity contribution in [2.45, 2.75) is 6.54 Å². The number of nitrogens with one attached hydrogen (secondary N) is 1. The van der Waals surface area contributed by atoms with Crippen LogP contribution in [0.5, 0.6) is 0 Å². The zero-order valence-electron chi connectivity index (χ0n) is 13.4. The van der Waals surface area contributed by atoms with Crippen LogP contribution in [-0.2, 0) is 11.3 Å². The molecular weight excluding hydrogens is 300 g/mol. The molecule has 120 valence electrons. The van der Waals surface area contributed by atoms with Gasteiger partial charge in [-0.25, -0.2) is 4.79 Å². The number of anilines is 1. The van der Waals surface area contributed by atoms with Crippen LogP contribution in [0.25, 0.3) is 23.1 Å². The van der Waals surface area contributed by atoms with Crippen molar-refractivity contribution in [3.8, 4) is 0 Å². The number of hydrogen-bond acceptors (Lipinski definition) is 2. The Hall–Kier alpha value is -3.14. The first-order valence-corrected chi connectivity index (χ1v) is 7.76. The summed E-state index contributed by atoms with van der Waals surface area (Å²) in [5.74, 6) is -0.849. The Morgan fingerprint density at radius 1 is 1.08 bits per heavy atom. The molecule has 24 heavy (non-hydrogen) atoms. The number of carboxylic acids is 1. The fourth-order valence-electron chi connectivity index (χ4n) is 2.68. The van der Waals surface area contributed by atoms with E-state index in [1.165, 1.54) is 0 Å². The number of nitrogens with zero attached hydrogens (tertiary/aromatic N) is 1. The Balaban J connectivity index is 1.97. The van der Waals surface area contributed by atoms with Gasteiger partial charge in [-0.15, -0.1) is 0 Å². The fraction of sp³-hybridized carbons (Fsp3) is 0.100. The Labute approximate surface area is 140 Å². The van der Waals surface area contributed by atoms with Gasteiger partial charge in [0.2, 0.25) is 12.1 Å². The molecular formula is C20H19N2O2+. The molecule has 3 aromatic rings. The van der Waals surface area contributed by atoms with E-state index in [2.05, 4.69) is 29.6 Å². The minimum Gasteiger partial charge on any atom is -0.477 e. The Morgan fingerprint density at radius 2 is 1.83 bits per heavy atom. The average molecular weight is 319 g/mol. The lowest BCUT2D eigenvalue weighted by molar-refractivity contribution is -0.660. The van der Waals surface area contributed by atoms with Crippen molar-refractivity contribution in [2.75, 3.05) is 12.4 Å². The minimum absolute atomic E-state index is 0.0456. The third-order valence-corrected chi connectivity index (χ3v) is 3.92. The van der Waals surface area contributed by atoms with E-state index < -0.39 is 5.97 Å². The number of carboxylic acid groups (broad SMARTS) is 1. The predicted octanol–water partition coefficient (Wildman–Crippen LogP) is 3.42. The average Bonchev–Trinajstić information content (AvgIpc) is 2.61. The highest BCUT2D eigenvalue weighted by molar-refractivity contribution is 5.88. The van der Waals surface area contributed by atoms with Crippen LogP contribution >= 0.6 is 0 Å². The summed E-state index contributed by atoms with van der Waals surface area (Å²) in [6, 6.07) is 18.0. The van der Waals surface area contributed by atoms with Gasteiger partial charge in [0.25, 0.3) is 0 Å². The number of rotatable bonds is 5. The monoisotopic (exact) mass is 319 g/mol. The number of fused-ring (bicyclic) bond motifs is 1. The highest BCUT2D eigenvalue weighted by atomic mass is 16.4. The van der Waals surface area contributed by atoms with Crippen LogP contribution in [0, 0.1) is 0 Å². The SMILES string of the molecule is CNc1ccc(/C=C\c2cc[n+](CC(=O)O)c3ccccc23)cc1. The Kier molecular flexibility index (Phi) is 4.57. The first kappa shape index (κ1) is 15.7.